The van der Waals surface area contributed by atoms with Gasteiger partial charge >= 0.3 is 0 Å². The molecule has 0 aromatic rings. The minimum absolute atomic E-state index is 0.798. The molecule has 3 heteroatoms. The van der Waals surface area contributed by atoms with Crippen LogP contribution in [0.1, 0.15) is 0 Å². The SMILES string of the molecule is C=CC(=NC)N1CCOCC1. The fourth-order valence-corrected chi connectivity index (χ4v) is 1.15. The second kappa shape index (κ2) is 4.13. The third-order valence-corrected chi connectivity index (χ3v) is 1.75. The molecule has 1 aliphatic heterocycles. The van der Waals surface area contributed by atoms with E-state index in [9.17, 15) is 0 Å². The maximum Gasteiger partial charge on any atom is 0.122 e. The minimum atomic E-state index is 0.798. The number of hydrogen-bond acceptors (Lipinski definition) is 2. The van der Waals surface area contributed by atoms with Crippen molar-refractivity contribution in [2.24, 2.45) is 4.99 Å². The summed E-state index contributed by atoms with van der Waals surface area (Å²) >= 11 is 0. The van der Waals surface area contributed by atoms with E-state index in [0.717, 1.165) is 32.1 Å². The molecule has 1 fully saturated rings. The molecule has 0 unspecified atom stereocenters. The zero-order valence-corrected chi connectivity index (χ0v) is 6.92. The van der Waals surface area contributed by atoms with Crippen LogP contribution in [-0.2, 0) is 4.74 Å². The average Bonchev–Trinajstić information content (AvgIpc) is 2.09. The van der Waals surface area contributed by atoms with Crippen LogP contribution in [-0.4, -0.2) is 44.1 Å². The molecule has 11 heavy (non-hydrogen) atoms. The van der Waals surface area contributed by atoms with E-state index in [4.69, 9.17) is 4.74 Å². The van der Waals surface area contributed by atoms with Gasteiger partial charge in [0.1, 0.15) is 5.84 Å². The maximum atomic E-state index is 5.21. The Bertz CT molecular complexity index is 159. The molecule has 0 bridgehead atoms. The Morgan fingerprint density at radius 1 is 1.55 bits per heavy atom. The largest absolute Gasteiger partial charge is 0.378 e. The molecule has 1 aliphatic rings. The molecule has 1 saturated heterocycles. The van der Waals surface area contributed by atoms with Gasteiger partial charge in [-0.2, -0.15) is 0 Å². The summed E-state index contributed by atoms with van der Waals surface area (Å²) in [4.78, 5) is 6.28. The predicted octanol–water partition coefficient (Wildman–Crippen LogP) is 0.533. The van der Waals surface area contributed by atoms with Crippen LogP contribution in [0.4, 0.5) is 0 Å². The van der Waals surface area contributed by atoms with Crippen molar-refractivity contribution in [1.82, 2.24) is 4.90 Å². The lowest BCUT2D eigenvalue weighted by Gasteiger charge is -2.28. The molecule has 0 radical (unpaired) electrons. The van der Waals surface area contributed by atoms with Gasteiger partial charge in [0, 0.05) is 20.1 Å². The van der Waals surface area contributed by atoms with Crippen LogP contribution in [0.3, 0.4) is 0 Å². The van der Waals surface area contributed by atoms with Crippen molar-refractivity contribution in [3.63, 3.8) is 0 Å². The van der Waals surface area contributed by atoms with Gasteiger partial charge in [-0.25, -0.2) is 0 Å². The van der Waals surface area contributed by atoms with Crippen molar-refractivity contribution in [2.45, 2.75) is 0 Å². The van der Waals surface area contributed by atoms with Crippen molar-refractivity contribution < 1.29 is 4.74 Å². The van der Waals surface area contributed by atoms with Gasteiger partial charge in [-0.05, 0) is 6.08 Å². The Morgan fingerprint density at radius 3 is 2.64 bits per heavy atom. The van der Waals surface area contributed by atoms with Crippen LogP contribution in [0.5, 0.6) is 0 Å². The van der Waals surface area contributed by atoms with E-state index in [1.807, 2.05) is 0 Å². The summed E-state index contributed by atoms with van der Waals surface area (Å²) in [6.45, 7) is 7.15. The van der Waals surface area contributed by atoms with Gasteiger partial charge in [-0.1, -0.05) is 6.58 Å². The normalized spacial score (nSPS) is 20.1. The molecule has 0 aliphatic carbocycles. The quantitative estimate of drug-likeness (QED) is 0.406. The highest BCUT2D eigenvalue weighted by Gasteiger charge is 2.11. The molecule has 0 amide bonds. The summed E-state index contributed by atoms with van der Waals surface area (Å²) in [7, 11) is 1.78. The van der Waals surface area contributed by atoms with Crippen molar-refractivity contribution in [1.29, 1.82) is 0 Å². The first kappa shape index (κ1) is 8.27. The average molecular weight is 154 g/mol. The second-order valence-electron chi connectivity index (χ2n) is 2.39. The van der Waals surface area contributed by atoms with Crippen molar-refractivity contribution in [3.8, 4) is 0 Å². The highest BCUT2D eigenvalue weighted by atomic mass is 16.5. The standard InChI is InChI=1S/C8H14N2O/c1-3-8(9-2)10-4-6-11-7-5-10/h3H,1,4-7H2,2H3. The smallest absolute Gasteiger partial charge is 0.122 e. The van der Waals surface area contributed by atoms with E-state index in [0.29, 0.717) is 0 Å². The van der Waals surface area contributed by atoms with Crippen LogP contribution in [0.25, 0.3) is 0 Å². The molecule has 62 valence electrons. The molecular formula is C8H14N2O. The lowest BCUT2D eigenvalue weighted by molar-refractivity contribution is 0.0684. The van der Waals surface area contributed by atoms with E-state index in [-0.39, 0.29) is 0 Å². The summed E-state index contributed by atoms with van der Waals surface area (Å²) in [6, 6.07) is 0. The molecular weight excluding hydrogens is 140 g/mol. The van der Waals surface area contributed by atoms with E-state index < -0.39 is 0 Å². The Kier molecular flexibility index (Phi) is 3.11. The van der Waals surface area contributed by atoms with Gasteiger partial charge in [0.05, 0.1) is 13.2 Å². The third kappa shape index (κ3) is 2.05. The summed E-state index contributed by atoms with van der Waals surface area (Å²) in [5.74, 6) is 0.966. The first-order valence-corrected chi connectivity index (χ1v) is 3.80. The highest BCUT2D eigenvalue weighted by Crippen LogP contribution is 1.98. The van der Waals surface area contributed by atoms with Gasteiger partial charge in [0.15, 0.2) is 0 Å². The molecule has 0 aromatic heterocycles. The maximum absolute atomic E-state index is 5.21. The van der Waals surface area contributed by atoms with Crippen LogP contribution >= 0.6 is 0 Å². The van der Waals surface area contributed by atoms with E-state index >= 15 is 0 Å². The molecule has 0 saturated carbocycles. The molecule has 0 spiro atoms. The first-order valence-electron chi connectivity index (χ1n) is 3.80. The Labute approximate surface area is 67.4 Å². The first-order chi connectivity index (χ1) is 5.38. The zero-order valence-electron chi connectivity index (χ0n) is 6.92. The summed E-state index contributed by atoms with van der Waals surface area (Å²) in [6.07, 6.45) is 1.78. The number of ether oxygens (including phenoxy) is 1. The fraction of sp³-hybridized carbons (Fsp3) is 0.625. The van der Waals surface area contributed by atoms with E-state index in [1.165, 1.54) is 0 Å². The molecule has 0 aromatic carbocycles. The molecule has 3 nitrogen and oxygen atoms in total. The van der Waals surface area contributed by atoms with E-state index in [1.54, 1.807) is 13.1 Å². The van der Waals surface area contributed by atoms with Gasteiger partial charge in [0.25, 0.3) is 0 Å². The zero-order chi connectivity index (χ0) is 8.10. The van der Waals surface area contributed by atoms with Crippen molar-refractivity contribution in [3.05, 3.63) is 12.7 Å². The Balaban J connectivity index is 2.49. The third-order valence-electron chi connectivity index (χ3n) is 1.75. The fourth-order valence-electron chi connectivity index (χ4n) is 1.15. The molecule has 1 rings (SSSR count). The number of aliphatic imine (C=N–C) groups is 1. The number of morpholine rings is 1. The van der Waals surface area contributed by atoms with Crippen LogP contribution in [0, 0.1) is 0 Å². The van der Waals surface area contributed by atoms with Gasteiger partial charge in [0.2, 0.25) is 0 Å². The van der Waals surface area contributed by atoms with Crippen LogP contribution in [0.2, 0.25) is 0 Å². The Morgan fingerprint density at radius 2 is 2.18 bits per heavy atom. The number of nitrogens with zero attached hydrogens (tertiary/aromatic N) is 2. The lowest BCUT2D eigenvalue weighted by Crippen LogP contribution is -2.39. The minimum Gasteiger partial charge on any atom is -0.378 e. The molecule has 1 heterocycles. The topological polar surface area (TPSA) is 24.8 Å². The molecule has 0 atom stereocenters. The van der Waals surface area contributed by atoms with Crippen molar-refractivity contribution in [2.75, 3.05) is 33.4 Å². The van der Waals surface area contributed by atoms with Crippen molar-refractivity contribution >= 4 is 5.84 Å². The summed E-state index contributed by atoms with van der Waals surface area (Å²) in [5, 5.41) is 0. The summed E-state index contributed by atoms with van der Waals surface area (Å²) < 4.78 is 5.21. The number of amidine groups is 1. The van der Waals surface area contributed by atoms with Gasteiger partial charge in [-0.15, -0.1) is 0 Å². The monoisotopic (exact) mass is 154 g/mol. The summed E-state index contributed by atoms with van der Waals surface area (Å²) in [5.41, 5.74) is 0. The Hall–Kier alpha value is -0.830. The number of rotatable bonds is 1. The van der Waals surface area contributed by atoms with Gasteiger partial charge in [-0.3, -0.25) is 4.99 Å². The van der Waals surface area contributed by atoms with Gasteiger partial charge < -0.3 is 9.64 Å². The van der Waals surface area contributed by atoms with Crippen LogP contribution in [0.15, 0.2) is 17.6 Å². The lowest BCUT2D eigenvalue weighted by atomic mass is 10.4. The predicted molar refractivity (Wildman–Crippen MR) is 45.9 cm³/mol. The highest BCUT2D eigenvalue weighted by molar-refractivity contribution is 5.92. The van der Waals surface area contributed by atoms with E-state index in [2.05, 4.69) is 16.5 Å². The van der Waals surface area contributed by atoms with Crippen LogP contribution < -0.4 is 0 Å². The molecule has 0 N–H and O–H groups in total. The number of hydrogen-bond donors (Lipinski definition) is 0. The second-order valence-corrected chi connectivity index (χ2v) is 2.39.